The summed E-state index contributed by atoms with van der Waals surface area (Å²) >= 11 is 0. The van der Waals surface area contributed by atoms with E-state index in [1.54, 1.807) is 0 Å². The Bertz CT molecular complexity index is 300. The molecule has 0 saturated heterocycles. The number of hydrogen-bond acceptors (Lipinski definition) is 3. The first-order valence-corrected chi connectivity index (χ1v) is 5.42. The van der Waals surface area contributed by atoms with Gasteiger partial charge in [-0.1, -0.05) is 12.1 Å². The smallest absolute Gasteiger partial charge is 0.0579 e. The lowest BCUT2D eigenvalue weighted by molar-refractivity contribution is 0.147. The standard InChI is InChI=1S/C12H20N2O/c1-3-15-9-5-8-14-11-7-4-6-10(2)12(11)13/h4,6-7,14H,3,5,8-9,13H2,1-2H3. The minimum Gasteiger partial charge on any atom is -0.397 e. The van der Waals surface area contributed by atoms with Crippen LogP contribution in [0.5, 0.6) is 0 Å². The van der Waals surface area contributed by atoms with Gasteiger partial charge in [0, 0.05) is 19.8 Å². The average molecular weight is 208 g/mol. The van der Waals surface area contributed by atoms with Crippen molar-refractivity contribution in [2.24, 2.45) is 0 Å². The lowest BCUT2D eigenvalue weighted by Crippen LogP contribution is -2.07. The molecule has 0 aliphatic rings. The predicted molar refractivity (Wildman–Crippen MR) is 65.2 cm³/mol. The fourth-order valence-electron chi connectivity index (χ4n) is 1.38. The molecule has 0 aromatic heterocycles. The molecule has 0 aliphatic carbocycles. The van der Waals surface area contributed by atoms with E-state index in [2.05, 4.69) is 5.32 Å². The van der Waals surface area contributed by atoms with Gasteiger partial charge in [-0.05, 0) is 31.9 Å². The maximum atomic E-state index is 5.93. The molecule has 0 amide bonds. The Labute approximate surface area is 91.6 Å². The molecule has 0 spiro atoms. The lowest BCUT2D eigenvalue weighted by atomic mass is 10.2. The molecule has 3 heteroatoms. The van der Waals surface area contributed by atoms with Gasteiger partial charge >= 0.3 is 0 Å². The Balaban J connectivity index is 2.34. The first-order chi connectivity index (χ1) is 7.25. The summed E-state index contributed by atoms with van der Waals surface area (Å²) in [5.74, 6) is 0. The maximum absolute atomic E-state index is 5.93. The molecule has 1 aromatic carbocycles. The number of para-hydroxylation sites is 1. The summed E-state index contributed by atoms with van der Waals surface area (Å²) in [5.41, 5.74) is 8.91. The van der Waals surface area contributed by atoms with Crippen molar-refractivity contribution in [3.8, 4) is 0 Å². The molecule has 0 radical (unpaired) electrons. The van der Waals surface area contributed by atoms with Crippen molar-refractivity contribution < 1.29 is 4.74 Å². The second-order valence-corrected chi connectivity index (χ2v) is 3.51. The van der Waals surface area contributed by atoms with Crippen molar-refractivity contribution in [1.29, 1.82) is 0 Å². The molecule has 3 N–H and O–H groups in total. The third-order valence-corrected chi connectivity index (χ3v) is 2.31. The summed E-state index contributed by atoms with van der Waals surface area (Å²) in [4.78, 5) is 0. The number of anilines is 2. The predicted octanol–water partition coefficient (Wildman–Crippen LogP) is 2.42. The van der Waals surface area contributed by atoms with E-state index in [0.717, 1.165) is 43.1 Å². The highest BCUT2D eigenvalue weighted by Gasteiger charge is 1.99. The van der Waals surface area contributed by atoms with Gasteiger partial charge in [-0.2, -0.15) is 0 Å². The second-order valence-electron chi connectivity index (χ2n) is 3.51. The van der Waals surface area contributed by atoms with Gasteiger partial charge in [0.25, 0.3) is 0 Å². The number of nitrogens with two attached hydrogens (primary N) is 1. The van der Waals surface area contributed by atoms with Crippen LogP contribution in [-0.4, -0.2) is 19.8 Å². The normalized spacial score (nSPS) is 10.3. The summed E-state index contributed by atoms with van der Waals surface area (Å²) in [6.07, 6.45) is 1.00. The van der Waals surface area contributed by atoms with Crippen molar-refractivity contribution in [2.75, 3.05) is 30.8 Å². The van der Waals surface area contributed by atoms with Crippen molar-refractivity contribution in [2.45, 2.75) is 20.3 Å². The van der Waals surface area contributed by atoms with E-state index in [0.29, 0.717) is 0 Å². The van der Waals surface area contributed by atoms with Crippen LogP contribution in [0.15, 0.2) is 18.2 Å². The highest BCUT2D eigenvalue weighted by Crippen LogP contribution is 2.21. The van der Waals surface area contributed by atoms with Crippen LogP contribution < -0.4 is 11.1 Å². The Morgan fingerprint density at radius 1 is 1.40 bits per heavy atom. The van der Waals surface area contributed by atoms with Crippen molar-refractivity contribution in [3.63, 3.8) is 0 Å². The first-order valence-electron chi connectivity index (χ1n) is 5.42. The molecule has 0 fully saturated rings. The molecular weight excluding hydrogens is 188 g/mol. The summed E-state index contributed by atoms with van der Waals surface area (Å²) < 4.78 is 5.25. The van der Waals surface area contributed by atoms with Gasteiger partial charge in [-0.3, -0.25) is 0 Å². The van der Waals surface area contributed by atoms with E-state index in [9.17, 15) is 0 Å². The van der Waals surface area contributed by atoms with Crippen LogP contribution in [0, 0.1) is 6.92 Å². The number of ether oxygens (including phenoxy) is 1. The van der Waals surface area contributed by atoms with Crippen molar-refractivity contribution in [1.82, 2.24) is 0 Å². The highest BCUT2D eigenvalue weighted by atomic mass is 16.5. The molecule has 0 bridgehead atoms. The third-order valence-electron chi connectivity index (χ3n) is 2.31. The number of nitrogens with one attached hydrogen (secondary N) is 1. The molecule has 1 aromatic rings. The molecule has 0 saturated carbocycles. The fraction of sp³-hybridized carbons (Fsp3) is 0.500. The minimum atomic E-state index is 0.784. The SMILES string of the molecule is CCOCCCNc1cccc(C)c1N. The zero-order valence-electron chi connectivity index (χ0n) is 9.55. The second kappa shape index (κ2) is 6.30. The monoisotopic (exact) mass is 208 g/mol. The molecule has 15 heavy (non-hydrogen) atoms. The maximum Gasteiger partial charge on any atom is 0.0579 e. The van der Waals surface area contributed by atoms with Crippen LogP contribution in [0.4, 0.5) is 11.4 Å². The lowest BCUT2D eigenvalue weighted by Gasteiger charge is -2.10. The largest absolute Gasteiger partial charge is 0.397 e. The van der Waals surface area contributed by atoms with Gasteiger partial charge in [0.05, 0.1) is 11.4 Å². The van der Waals surface area contributed by atoms with Crippen molar-refractivity contribution in [3.05, 3.63) is 23.8 Å². The van der Waals surface area contributed by atoms with Gasteiger partial charge < -0.3 is 15.8 Å². The van der Waals surface area contributed by atoms with E-state index in [4.69, 9.17) is 10.5 Å². The first kappa shape index (κ1) is 11.9. The Hall–Kier alpha value is -1.22. The Morgan fingerprint density at radius 2 is 2.20 bits per heavy atom. The zero-order chi connectivity index (χ0) is 11.1. The third kappa shape index (κ3) is 3.80. The summed E-state index contributed by atoms with van der Waals surface area (Å²) in [6, 6.07) is 6.03. The summed E-state index contributed by atoms with van der Waals surface area (Å²) in [7, 11) is 0. The van der Waals surface area contributed by atoms with E-state index in [1.807, 2.05) is 32.0 Å². The van der Waals surface area contributed by atoms with Crippen molar-refractivity contribution >= 4 is 11.4 Å². The summed E-state index contributed by atoms with van der Waals surface area (Å²) in [5, 5.41) is 3.31. The summed E-state index contributed by atoms with van der Waals surface area (Å²) in [6.45, 7) is 6.50. The minimum absolute atomic E-state index is 0.784. The van der Waals surface area contributed by atoms with Crippen LogP contribution in [-0.2, 0) is 4.74 Å². The van der Waals surface area contributed by atoms with Gasteiger partial charge in [-0.15, -0.1) is 0 Å². The quantitative estimate of drug-likeness (QED) is 0.557. The average Bonchev–Trinajstić information content (AvgIpc) is 2.24. The Kier molecular flexibility index (Phi) is 4.98. The molecule has 0 heterocycles. The number of nitrogen functional groups attached to an aromatic ring is 1. The van der Waals surface area contributed by atoms with Gasteiger partial charge in [0.15, 0.2) is 0 Å². The van der Waals surface area contributed by atoms with Crippen LogP contribution in [0.1, 0.15) is 18.9 Å². The van der Waals surface area contributed by atoms with Gasteiger partial charge in [0.1, 0.15) is 0 Å². The van der Waals surface area contributed by atoms with Crippen LogP contribution in [0.25, 0.3) is 0 Å². The van der Waals surface area contributed by atoms with E-state index in [-0.39, 0.29) is 0 Å². The number of rotatable bonds is 6. The fourth-order valence-corrected chi connectivity index (χ4v) is 1.38. The van der Waals surface area contributed by atoms with Crippen LogP contribution in [0.2, 0.25) is 0 Å². The van der Waals surface area contributed by atoms with E-state index < -0.39 is 0 Å². The molecule has 1 rings (SSSR count). The molecule has 3 nitrogen and oxygen atoms in total. The zero-order valence-corrected chi connectivity index (χ0v) is 9.55. The highest BCUT2D eigenvalue weighted by molar-refractivity contribution is 5.69. The molecule has 0 unspecified atom stereocenters. The van der Waals surface area contributed by atoms with E-state index >= 15 is 0 Å². The number of hydrogen-bond donors (Lipinski definition) is 2. The van der Waals surface area contributed by atoms with Gasteiger partial charge in [-0.25, -0.2) is 0 Å². The van der Waals surface area contributed by atoms with E-state index in [1.165, 1.54) is 0 Å². The number of benzene rings is 1. The van der Waals surface area contributed by atoms with Gasteiger partial charge in [0.2, 0.25) is 0 Å². The molecule has 0 atom stereocenters. The number of aryl methyl sites for hydroxylation is 1. The van der Waals surface area contributed by atoms with Crippen LogP contribution in [0.3, 0.4) is 0 Å². The van der Waals surface area contributed by atoms with Crippen LogP contribution >= 0.6 is 0 Å². The molecule has 0 aliphatic heterocycles. The Morgan fingerprint density at radius 3 is 2.93 bits per heavy atom. The molecular formula is C12H20N2O. The molecule has 84 valence electrons. The topological polar surface area (TPSA) is 47.3 Å².